The summed E-state index contributed by atoms with van der Waals surface area (Å²) in [6, 6.07) is 8.70. The van der Waals surface area contributed by atoms with E-state index >= 15 is 0 Å². The maximum atomic E-state index is 12.7. The van der Waals surface area contributed by atoms with Gasteiger partial charge in [-0.15, -0.1) is 0 Å². The van der Waals surface area contributed by atoms with Gasteiger partial charge in [0.2, 0.25) is 5.91 Å². The van der Waals surface area contributed by atoms with Crippen molar-refractivity contribution in [2.45, 2.75) is 39.7 Å². The van der Waals surface area contributed by atoms with Gasteiger partial charge in [0.15, 0.2) is 0 Å². The van der Waals surface area contributed by atoms with E-state index in [1.165, 1.54) is 13.1 Å². The Balaban J connectivity index is 1.62. The number of rotatable bonds is 8. The molecule has 3 atom stereocenters. The summed E-state index contributed by atoms with van der Waals surface area (Å²) in [6.07, 6.45) is 1.99. The van der Waals surface area contributed by atoms with Crippen molar-refractivity contribution in [1.29, 1.82) is 0 Å². The van der Waals surface area contributed by atoms with Crippen LogP contribution >= 0.6 is 11.6 Å². The van der Waals surface area contributed by atoms with Crippen LogP contribution in [0.15, 0.2) is 42.6 Å². The summed E-state index contributed by atoms with van der Waals surface area (Å²) in [5.74, 6) is -2.49. The summed E-state index contributed by atoms with van der Waals surface area (Å²) < 4.78 is 0. The van der Waals surface area contributed by atoms with E-state index < -0.39 is 29.3 Å². The van der Waals surface area contributed by atoms with Gasteiger partial charge in [0, 0.05) is 30.1 Å². The van der Waals surface area contributed by atoms with Gasteiger partial charge in [-0.1, -0.05) is 37.6 Å². The van der Waals surface area contributed by atoms with Gasteiger partial charge in [-0.2, -0.15) is 0 Å². The Hall–Kier alpha value is -3.26. The minimum atomic E-state index is -1.15. The first kappa shape index (κ1) is 24.4. The van der Waals surface area contributed by atoms with Gasteiger partial charge < -0.3 is 15.7 Å². The second-order valence-corrected chi connectivity index (χ2v) is 9.23. The van der Waals surface area contributed by atoms with Crippen molar-refractivity contribution in [3.05, 3.63) is 58.9 Å². The molecule has 1 aliphatic carbocycles. The molecule has 174 valence electrons. The Morgan fingerprint density at radius 1 is 1.15 bits per heavy atom. The number of Topliss-reactive ketones (excluding diaryl/α,β-unsaturated/α-hetero) is 1. The number of anilines is 1. The third-order valence-corrected chi connectivity index (χ3v) is 6.65. The van der Waals surface area contributed by atoms with Gasteiger partial charge in [0.25, 0.3) is 5.91 Å². The largest absolute Gasteiger partial charge is 0.480 e. The van der Waals surface area contributed by atoms with E-state index in [-0.39, 0.29) is 34.7 Å². The molecule has 3 rings (SSSR count). The molecule has 0 aliphatic heterocycles. The van der Waals surface area contributed by atoms with Crippen LogP contribution in [-0.4, -0.2) is 39.7 Å². The Kier molecular flexibility index (Phi) is 7.17. The van der Waals surface area contributed by atoms with Crippen LogP contribution in [0.25, 0.3) is 0 Å². The second-order valence-electron chi connectivity index (χ2n) is 8.87. The van der Waals surface area contributed by atoms with Crippen molar-refractivity contribution in [1.82, 2.24) is 10.3 Å². The predicted octanol–water partition coefficient (Wildman–Crippen LogP) is 3.35. The minimum absolute atomic E-state index is 0.0387. The molecule has 0 saturated heterocycles. The highest BCUT2D eigenvalue weighted by atomic mass is 35.5. The molecule has 0 radical (unpaired) electrons. The Labute approximate surface area is 196 Å². The van der Waals surface area contributed by atoms with Crippen LogP contribution in [0.4, 0.5) is 5.69 Å². The summed E-state index contributed by atoms with van der Waals surface area (Å²) in [7, 11) is 0. The summed E-state index contributed by atoms with van der Waals surface area (Å²) in [5.41, 5.74) is 0.916. The fraction of sp³-hybridized carbons (Fsp3) is 0.375. The molecule has 2 aromatic rings. The van der Waals surface area contributed by atoms with Crippen LogP contribution in [-0.2, 0) is 20.8 Å². The van der Waals surface area contributed by atoms with Crippen molar-refractivity contribution in [3.63, 3.8) is 0 Å². The smallest absolute Gasteiger partial charge is 0.326 e. The number of amides is 2. The second kappa shape index (κ2) is 9.70. The molecule has 0 spiro atoms. The normalized spacial score (nSPS) is 19.6. The third kappa shape index (κ3) is 5.39. The van der Waals surface area contributed by atoms with E-state index in [2.05, 4.69) is 15.6 Å². The standard InChI is InChI=1S/C24H26ClN3O5/c1-13(29)17-12-18(24(17,2)3)22(31)28-19(23(32)33)11-14-6-8-15(9-7-14)27-21(30)16-5-4-10-26-20(16)25/h4-10,17-19H,11-12H2,1-3H3,(H,27,30)(H,28,31)(H,32,33)/t17-,18-,19+/m1/s1. The van der Waals surface area contributed by atoms with E-state index in [0.717, 1.165) is 0 Å². The average Bonchev–Trinajstić information content (AvgIpc) is 2.73. The number of aliphatic carboxylic acids is 1. The summed E-state index contributed by atoms with van der Waals surface area (Å²) >= 11 is 5.94. The van der Waals surface area contributed by atoms with Crippen LogP contribution in [0.2, 0.25) is 5.15 Å². The van der Waals surface area contributed by atoms with Crippen LogP contribution in [0.1, 0.15) is 43.1 Å². The van der Waals surface area contributed by atoms with Gasteiger partial charge in [-0.25, -0.2) is 9.78 Å². The summed E-state index contributed by atoms with van der Waals surface area (Å²) in [5, 5.41) is 15.0. The van der Waals surface area contributed by atoms with Crippen LogP contribution in [0, 0.1) is 17.3 Å². The van der Waals surface area contributed by atoms with Gasteiger partial charge in [-0.05, 0) is 48.6 Å². The van der Waals surface area contributed by atoms with Crippen molar-refractivity contribution < 1.29 is 24.3 Å². The first-order valence-electron chi connectivity index (χ1n) is 10.5. The van der Waals surface area contributed by atoms with E-state index in [4.69, 9.17) is 11.6 Å². The predicted molar refractivity (Wildman–Crippen MR) is 123 cm³/mol. The number of hydrogen-bond donors (Lipinski definition) is 3. The molecule has 1 aromatic carbocycles. The summed E-state index contributed by atoms with van der Waals surface area (Å²) in [6.45, 7) is 5.22. The van der Waals surface area contributed by atoms with Crippen LogP contribution < -0.4 is 10.6 Å². The lowest BCUT2D eigenvalue weighted by Crippen LogP contribution is -2.57. The van der Waals surface area contributed by atoms with Crippen molar-refractivity contribution in [3.8, 4) is 0 Å². The fourth-order valence-electron chi connectivity index (χ4n) is 4.25. The number of benzene rings is 1. The molecule has 33 heavy (non-hydrogen) atoms. The molecule has 1 fully saturated rings. The quantitative estimate of drug-likeness (QED) is 0.507. The maximum Gasteiger partial charge on any atom is 0.326 e. The molecular weight excluding hydrogens is 446 g/mol. The van der Waals surface area contributed by atoms with Gasteiger partial charge in [0.1, 0.15) is 17.0 Å². The topological polar surface area (TPSA) is 125 Å². The zero-order valence-corrected chi connectivity index (χ0v) is 19.3. The summed E-state index contributed by atoms with van der Waals surface area (Å²) in [4.78, 5) is 52.4. The van der Waals surface area contributed by atoms with E-state index in [1.54, 1.807) is 36.4 Å². The zero-order valence-electron chi connectivity index (χ0n) is 18.6. The van der Waals surface area contributed by atoms with Crippen molar-refractivity contribution in [2.75, 3.05) is 5.32 Å². The first-order valence-corrected chi connectivity index (χ1v) is 10.9. The highest BCUT2D eigenvalue weighted by Gasteiger charge is 2.53. The molecule has 0 bridgehead atoms. The van der Waals surface area contributed by atoms with Crippen molar-refractivity contribution >= 4 is 40.9 Å². The number of carboxylic acid groups (broad SMARTS) is 1. The van der Waals surface area contributed by atoms with Gasteiger partial charge in [-0.3, -0.25) is 14.4 Å². The number of nitrogens with one attached hydrogen (secondary N) is 2. The highest BCUT2D eigenvalue weighted by molar-refractivity contribution is 6.33. The van der Waals surface area contributed by atoms with Gasteiger partial charge >= 0.3 is 5.97 Å². The lowest BCUT2D eigenvalue weighted by atomic mass is 9.53. The fourth-order valence-corrected chi connectivity index (χ4v) is 4.45. The SMILES string of the molecule is CC(=O)[C@H]1C[C@H](C(=O)N[C@@H](Cc2ccc(NC(=O)c3cccnc3Cl)cc2)C(=O)O)C1(C)C. The minimum Gasteiger partial charge on any atom is -0.480 e. The number of hydrogen-bond acceptors (Lipinski definition) is 5. The monoisotopic (exact) mass is 471 g/mol. The van der Waals surface area contributed by atoms with E-state index in [0.29, 0.717) is 17.7 Å². The lowest BCUT2D eigenvalue weighted by Gasteiger charge is -2.50. The van der Waals surface area contributed by atoms with Crippen LogP contribution in [0.3, 0.4) is 0 Å². The number of ketones is 1. The highest BCUT2D eigenvalue weighted by Crippen LogP contribution is 2.51. The zero-order chi connectivity index (χ0) is 24.3. The lowest BCUT2D eigenvalue weighted by molar-refractivity contribution is -0.152. The maximum absolute atomic E-state index is 12.7. The Morgan fingerprint density at radius 2 is 1.82 bits per heavy atom. The number of nitrogens with zero attached hydrogens (tertiary/aromatic N) is 1. The third-order valence-electron chi connectivity index (χ3n) is 6.34. The van der Waals surface area contributed by atoms with E-state index in [1.807, 2.05) is 13.8 Å². The van der Waals surface area contributed by atoms with E-state index in [9.17, 15) is 24.3 Å². The molecule has 0 unspecified atom stereocenters. The number of carbonyl (C=O) groups is 4. The first-order chi connectivity index (χ1) is 15.5. The molecule has 2 amide bonds. The molecule has 1 aliphatic rings. The number of carboxylic acids is 1. The molecule has 9 heteroatoms. The molecular formula is C24H26ClN3O5. The number of aromatic nitrogens is 1. The number of carbonyl (C=O) groups excluding carboxylic acids is 3. The Morgan fingerprint density at radius 3 is 2.36 bits per heavy atom. The van der Waals surface area contributed by atoms with Gasteiger partial charge in [0.05, 0.1) is 5.56 Å². The van der Waals surface area contributed by atoms with Crippen LogP contribution in [0.5, 0.6) is 0 Å². The number of halogens is 1. The average molecular weight is 472 g/mol. The molecule has 1 saturated carbocycles. The van der Waals surface area contributed by atoms with Crippen molar-refractivity contribution in [2.24, 2.45) is 17.3 Å². The number of pyridine rings is 1. The molecule has 1 heterocycles. The molecule has 3 N–H and O–H groups in total. The Bertz CT molecular complexity index is 1080. The molecule has 8 nitrogen and oxygen atoms in total. The molecule has 1 aromatic heterocycles.